The maximum absolute atomic E-state index is 6.47. The zero-order valence-electron chi connectivity index (χ0n) is 11.6. The molecule has 1 aliphatic carbocycles. The zero-order chi connectivity index (χ0) is 13.7. The van der Waals surface area contributed by atoms with E-state index in [-0.39, 0.29) is 5.41 Å². The maximum atomic E-state index is 6.47. The van der Waals surface area contributed by atoms with Crippen molar-refractivity contribution in [3.63, 3.8) is 0 Å². The molecule has 0 atom stereocenters. The Morgan fingerprint density at radius 2 is 1.63 bits per heavy atom. The number of halogens is 2. The second-order valence-corrected chi connectivity index (χ2v) is 6.39. The molecule has 19 heavy (non-hydrogen) atoms. The lowest BCUT2D eigenvalue weighted by molar-refractivity contribution is 0.351. The summed E-state index contributed by atoms with van der Waals surface area (Å²) in [6.45, 7) is 4.12. The molecule has 1 aliphatic rings. The Bertz CT molecular complexity index is 389. The Balaban J connectivity index is 2.40. The molecule has 1 aromatic rings. The minimum Gasteiger partial charge on any atom is -0.316 e. The molecule has 106 valence electrons. The van der Waals surface area contributed by atoms with E-state index in [0.29, 0.717) is 0 Å². The molecule has 0 radical (unpaired) electrons. The fraction of sp³-hybridized carbons (Fsp3) is 0.625. The smallest absolute Gasteiger partial charge is 0.0459 e. The highest BCUT2D eigenvalue weighted by atomic mass is 35.5. The van der Waals surface area contributed by atoms with E-state index in [4.69, 9.17) is 23.2 Å². The number of rotatable bonds is 4. The van der Waals surface area contributed by atoms with Crippen LogP contribution < -0.4 is 5.32 Å². The summed E-state index contributed by atoms with van der Waals surface area (Å²) in [5.41, 5.74) is 1.28. The minimum absolute atomic E-state index is 0.113. The van der Waals surface area contributed by atoms with Crippen LogP contribution in [0, 0.1) is 0 Å². The average molecular weight is 300 g/mol. The molecule has 1 aromatic carbocycles. The van der Waals surface area contributed by atoms with Crippen LogP contribution in [0.5, 0.6) is 0 Å². The Morgan fingerprint density at radius 3 is 2.16 bits per heavy atom. The van der Waals surface area contributed by atoms with Crippen LogP contribution in [0.15, 0.2) is 18.2 Å². The van der Waals surface area contributed by atoms with Gasteiger partial charge >= 0.3 is 0 Å². The summed E-state index contributed by atoms with van der Waals surface area (Å²) < 4.78 is 0. The Labute approximate surface area is 126 Å². The summed E-state index contributed by atoms with van der Waals surface area (Å²) in [6.07, 6.45) is 7.57. The van der Waals surface area contributed by atoms with Crippen LogP contribution in [0.3, 0.4) is 0 Å². The summed E-state index contributed by atoms with van der Waals surface area (Å²) in [5.74, 6) is 0. The van der Waals surface area contributed by atoms with Gasteiger partial charge in [0.25, 0.3) is 0 Å². The van der Waals surface area contributed by atoms with Gasteiger partial charge in [-0.3, -0.25) is 0 Å². The second-order valence-electron chi connectivity index (χ2n) is 5.57. The third-order valence-corrected chi connectivity index (χ3v) is 4.90. The molecule has 0 saturated heterocycles. The van der Waals surface area contributed by atoms with Crippen molar-refractivity contribution in [1.29, 1.82) is 0 Å². The third-order valence-electron chi connectivity index (χ3n) is 4.27. The van der Waals surface area contributed by atoms with Crippen molar-refractivity contribution in [2.45, 2.75) is 50.9 Å². The lowest BCUT2D eigenvalue weighted by Gasteiger charge is -2.35. The number of benzene rings is 1. The van der Waals surface area contributed by atoms with Gasteiger partial charge in [-0.15, -0.1) is 0 Å². The van der Waals surface area contributed by atoms with E-state index < -0.39 is 0 Å². The lowest BCUT2D eigenvalue weighted by atomic mass is 9.74. The molecule has 3 heteroatoms. The summed E-state index contributed by atoms with van der Waals surface area (Å²) in [4.78, 5) is 0. The SMILES string of the molecule is CCNCC1(c2c(Cl)cccc2Cl)CCCCCC1. The highest BCUT2D eigenvalue weighted by Crippen LogP contribution is 2.44. The topological polar surface area (TPSA) is 12.0 Å². The second kappa shape index (κ2) is 6.97. The number of nitrogens with one attached hydrogen (secondary N) is 1. The van der Waals surface area contributed by atoms with Crippen LogP contribution in [0.25, 0.3) is 0 Å². The van der Waals surface area contributed by atoms with E-state index in [0.717, 1.165) is 23.1 Å². The molecule has 0 spiro atoms. The number of hydrogen-bond donors (Lipinski definition) is 1. The average Bonchev–Trinajstić information content (AvgIpc) is 2.63. The highest BCUT2D eigenvalue weighted by Gasteiger charge is 2.35. The minimum atomic E-state index is 0.113. The van der Waals surface area contributed by atoms with Gasteiger partial charge in [-0.25, -0.2) is 0 Å². The molecule has 1 N–H and O–H groups in total. The van der Waals surface area contributed by atoms with Gasteiger partial charge in [0.05, 0.1) is 0 Å². The molecule has 2 rings (SSSR count). The van der Waals surface area contributed by atoms with Crippen molar-refractivity contribution in [1.82, 2.24) is 5.32 Å². The lowest BCUT2D eigenvalue weighted by Crippen LogP contribution is -2.38. The quantitative estimate of drug-likeness (QED) is 0.754. The van der Waals surface area contributed by atoms with Gasteiger partial charge in [0, 0.05) is 22.0 Å². The maximum Gasteiger partial charge on any atom is 0.0459 e. The fourth-order valence-corrected chi connectivity index (χ4v) is 4.09. The van der Waals surface area contributed by atoms with Gasteiger partial charge in [-0.05, 0) is 37.1 Å². The highest BCUT2D eigenvalue weighted by molar-refractivity contribution is 6.36. The third kappa shape index (κ3) is 3.45. The molecular weight excluding hydrogens is 277 g/mol. The van der Waals surface area contributed by atoms with Crippen LogP contribution >= 0.6 is 23.2 Å². The van der Waals surface area contributed by atoms with E-state index in [1.807, 2.05) is 18.2 Å². The van der Waals surface area contributed by atoms with Crippen molar-refractivity contribution in [3.05, 3.63) is 33.8 Å². The van der Waals surface area contributed by atoms with Gasteiger partial charge in [-0.2, -0.15) is 0 Å². The molecule has 0 aliphatic heterocycles. The van der Waals surface area contributed by atoms with Crippen molar-refractivity contribution in [2.24, 2.45) is 0 Å². The summed E-state index contributed by atoms with van der Waals surface area (Å²) in [5, 5.41) is 5.17. The predicted molar refractivity (Wildman–Crippen MR) is 84.4 cm³/mol. The molecule has 1 fully saturated rings. The van der Waals surface area contributed by atoms with Gasteiger partial charge < -0.3 is 5.32 Å². The first kappa shape index (κ1) is 15.2. The largest absolute Gasteiger partial charge is 0.316 e. The molecule has 0 unspecified atom stereocenters. The van der Waals surface area contributed by atoms with Crippen molar-refractivity contribution < 1.29 is 0 Å². The van der Waals surface area contributed by atoms with E-state index in [9.17, 15) is 0 Å². The van der Waals surface area contributed by atoms with E-state index in [1.54, 1.807) is 0 Å². The van der Waals surface area contributed by atoms with Crippen molar-refractivity contribution in [2.75, 3.05) is 13.1 Å². The monoisotopic (exact) mass is 299 g/mol. The summed E-state index contributed by atoms with van der Waals surface area (Å²) in [6, 6.07) is 5.88. The van der Waals surface area contributed by atoms with E-state index in [2.05, 4.69) is 12.2 Å². The fourth-order valence-electron chi connectivity index (χ4n) is 3.29. The van der Waals surface area contributed by atoms with Crippen LogP contribution in [0.1, 0.15) is 51.0 Å². The van der Waals surface area contributed by atoms with E-state index in [1.165, 1.54) is 44.1 Å². The molecule has 1 nitrogen and oxygen atoms in total. The standard InChI is InChI=1S/C16H23Cl2N/c1-2-19-12-16(10-5-3-4-6-11-16)15-13(17)8-7-9-14(15)18/h7-9,19H,2-6,10-12H2,1H3. The van der Waals surface area contributed by atoms with Gasteiger partial charge in [0.1, 0.15) is 0 Å². The number of likely N-dealkylation sites (N-methyl/N-ethyl adjacent to an activating group) is 1. The Morgan fingerprint density at radius 1 is 1.05 bits per heavy atom. The molecule has 1 saturated carbocycles. The van der Waals surface area contributed by atoms with Gasteiger partial charge in [-0.1, -0.05) is 61.9 Å². The first-order valence-corrected chi connectivity index (χ1v) is 8.10. The molecule has 0 bridgehead atoms. The molecular formula is C16H23Cl2N. The van der Waals surface area contributed by atoms with Gasteiger partial charge in [0.2, 0.25) is 0 Å². The summed E-state index contributed by atoms with van der Waals surface area (Å²) in [7, 11) is 0. The van der Waals surface area contributed by atoms with Crippen LogP contribution in [-0.4, -0.2) is 13.1 Å². The normalized spacial score (nSPS) is 19.1. The van der Waals surface area contributed by atoms with Crippen LogP contribution in [-0.2, 0) is 5.41 Å². The number of hydrogen-bond acceptors (Lipinski definition) is 1. The zero-order valence-corrected chi connectivity index (χ0v) is 13.2. The Hall–Kier alpha value is -0.240. The first-order chi connectivity index (χ1) is 9.19. The van der Waals surface area contributed by atoms with Crippen molar-refractivity contribution >= 4 is 23.2 Å². The van der Waals surface area contributed by atoms with E-state index >= 15 is 0 Å². The Kier molecular flexibility index (Phi) is 5.56. The van der Waals surface area contributed by atoms with Crippen LogP contribution in [0.2, 0.25) is 10.0 Å². The first-order valence-electron chi connectivity index (χ1n) is 7.35. The van der Waals surface area contributed by atoms with Gasteiger partial charge in [0.15, 0.2) is 0 Å². The molecule has 0 amide bonds. The molecule has 0 heterocycles. The molecule has 0 aromatic heterocycles. The van der Waals surface area contributed by atoms with Crippen LogP contribution in [0.4, 0.5) is 0 Å². The summed E-state index contributed by atoms with van der Waals surface area (Å²) >= 11 is 12.9. The van der Waals surface area contributed by atoms with Crippen molar-refractivity contribution in [3.8, 4) is 0 Å². The predicted octanol–water partition coefficient (Wildman–Crippen LogP) is 5.19.